The molecule has 1 aromatic rings. The maximum absolute atomic E-state index is 14.9. The van der Waals surface area contributed by atoms with E-state index >= 15 is 0 Å². The largest absolute Gasteiger partial charge is 0.481 e. The number of aliphatic hydroxyl groups is 7. The number of carboxylic acids is 1. The van der Waals surface area contributed by atoms with Crippen LogP contribution >= 0.6 is 0 Å². The molecule has 8 aliphatic rings. The number of fused-ring (bicyclic) bond motifs is 7. The third kappa shape index (κ3) is 8.14. The number of carboxylic acid groups (broad SMARTS) is 1. The van der Waals surface area contributed by atoms with Crippen LogP contribution in [0.25, 0.3) is 0 Å². The summed E-state index contributed by atoms with van der Waals surface area (Å²) in [6.45, 7) is 12.8. The number of unbranched alkanes of at least 4 members (excludes halogenated alkanes) is 2. The Bertz CT molecular complexity index is 2140. The van der Waals surface area contributed by atoms with Crippen molar-refractivity contribution < 1.29 is 59.9 Å². The number of hydrogen-bond donors (Lipinski definition) is 11. The van der Waals surface area contributed by atoms with Crippen molar-refractivity contribution >= 4 is 11.9 Å². The number of imidazole rings is 1. The molecule has 7 fully saturated rings. The van der Waals surface area contributed by atoms with E-state index in [1.807, 2.05) is 6.92 Å². The van der Waals surface area contributed by atoms with Gasteiger partial charge in [-0.3, -0.25) is 9.59 Å². The van der Waals surface area contributed by atoms with Crippen LogP contribution in [0.15, 0.2) is 24.2 Å². The lowest BCUT2D eigenvalue weighted by atomic mass is 9.30. The van der Waals surface area contributed by atoms with Gasteiger partial charge in [-0.25, -0.2) is 4.98 Å². The lowest BCUT2D eigenvalue weighted by Gasteiger charge is -2.74. The molecule has 12 N–H and O–H groups in total. The Morgan fingerprint density at radius 3 is 2.31 bits per heavy atom. The Hall–Kier alpha value is -2.51. The molecule has 21 unspecified atom stereocenters. The molecule has 2 aliphatic heterocycles. The molecule has 1 aromatic heterocycles. The highest BCUT2D eigenvalue weighted by molar-refractivity contribution is 5.86. The molecular weight excluding hydrogens is 921 g/mol. The number of nitrogens with two attached hydrogens (primary N) is 1. The number of carbonyl (C=O) groups excluding carboxylic acids is 1. The number of rotatable bonds is 16. The molecule has 5 saturated carbocycles. The van der Waals surface area contributed by atoms with Crippen molar-refractivity contribution in [3.63, 3.8) is 0 Å². The van der Waals surface area contributed by atoms with Crippen LogP contribution < -0.4 is 11.1 Å². The van der Waals surface area contributed by atoms with Gasteiger partial charge in [-0.05, 0) is 141 Å². The van der Waals surface area contributed by atoms with Gasteiger partial charge in [-0.15, -0.1) is 0 Å². The summed E-state index contributed by atoms with van der Waals surface area (Å²) in [6, 6.07) is -0.419. The van der Waals surface area contributed by atoms with Crippen LogP contribution in [0.2, 0.25) is 0 Å². The zero-order valence-electron chi connectivity index (χ0n) is 44.0. The second-order valence-electron chi connectivity index (χ2n) is 26.1. The summed E-state index contributed by atoms with van der Waals surface area (Å²) < 4.78 is 12.7. The van der Waals surface area contributed by atoms with Crippen LogP contribution in [0, 0.1) is 73.4 Å². The average molecular weight is 1010 g/mol. The number of nitrogens with one attached hydrogen (secondary N) is 2. The number of carbonyl (C=O) groups is 2. The van der Waals surface area contributed by atoms with Gasteiger partial charge >= 0.3 is 5.97 Å². The predicted molar refractivity (Wildman–Crippen MR) is 267 cm³/mol. The molecule has 1 spiro atoms. The molecule has 16 nitrogen and oxygen atoms in total. The Kier molecular flexibility index (Phi) is 14.9. The normalized spacial score (nSPS) is 47.4. The second kappa shape index (κ2) is 19.8. The van der Waals surface area contributed by atoms with E-state index in [9.17, 15) is 50.4 Å². The summed E-state index contributed by atoms with van der Waals surface area (Å²) in [6.07, 6.45) is 8.94. The van der Waals surface area contributed by atoms with Gasteiger partial charge in [0.05, 0.1) is 42.6 Å². The van der Waals surface area contributed by atoms with E-state index in [4.69, 9.17) is 15.2 Å². The van der Waals surface area contributed by atoms with Gasteiger partial charge in [0, 0.05) is 35.9 Å². The van der Waals surface area contributed by atoms with Crippen LogP contribution in [-0.2, 0) is 19.1 Å². The summed E-state index contributed by atoms with van der Waals surface area (Å²) in [7, 11) is 0. The highest BCUT2D eigenvalue weighted by atomic mass is 16.7. The predicted octanol–water partition coefficient (Wildman–Crippen LogP) is 5.27. The second-order valence-corrected chi connectivity index (χ2v) is 26.1. The monoisotopic (exact) mass is 1010 g/mol. The van der Waals surface area contributed by atoms with Crippen molar-refractivity contribution in [2.24, 2.45) is 79.1 Å². The first-order chi connectivity index (χ1) is 34.1. The van der Waals surface area contributed by atoms with E-state index in [1.54, 1.807) is 12.5 Å². The highest BCUT2D eigenvalue weighted by Gasteiger charge is 2.75. The summed E-state index contributed by atoms with van der Waals surface area (Å²) in [5.41, 5.74) is 3.22. The number of aromatic nitrogens is 2. The average Bonchev–Trinajstić information content (AvgIpc) is 4.12. The number of amides is 1. The van der Waals surface area contributed by atoms with E-state index < -0.39 is 98.9 Å². The number of allylic oxidation sites excluding steroid dienone is 2. The summed E-state index contributed by atoms with van der Waals surface area (Å²) in [5.74, 6) is -2.47. The van der Waals surface area contributed by atoms with E-state index in [0.29, 0.717) is 64.2 Å². The molecular formula is C56H90N4O12. The topological polar surface area (TPSA) is 281 Å². The Morgan fingerprint density at radius 1 is 0.931 bits per heavy atom. The number of aliphatic carboxylic acids is 1. The quantitative estimate of drug-likeness (QED) is 0.0436. The van der Waals surface area contributed by atoms with E-state index in [1.165, 1.54) is 5.57 Å². The first-order valence-electron chi connectivity index (χ1n) is 27.9. The van der Waals surface area contributed by atoms with Gasteiger partial charge in [0.25, 0.3) is 0 Å². The van der Waals surface area contributed by atoms with Crippen molar-refractivity contribution in [2.45, 2.75) is 212 Å². The lowest BCUT2D eigenvalue weighted by Crippen LogP contribution is -2.73. The first-order valence-corrected chi connectivity index (χ1v) is 27.9. The molecule has 3 heterocycles. The number of hydrogen-bond acceptors (Lipinski definition) is 13. The van der Waals surface area contributed by atoms with Gasteiger partial charge in [0.15, 0.2) is 6.29 Å². The molecule has 1 amide bonds. The van der Waals surface area contributed by atoms with Crippen molar-refractivity contribution in [1.82, 2.24) is 15.3 Å². The molecule has 0 bridgehead atoms. The summed E-state index contributed by atoms with van der Waals surface area (Å²) in [4.78, 5) is 36.5. The molecule has 0 radical (unpaired) electrons. The molecule has 0 aromatic carbocycles. The molecule has 406 valence electrons. The summed E-state index contributed by atoms with van der Waals surface area (Å²) >= 11 is 0. The van der Waals surface area contributed by atoms with Crippen LogP contribution in [0.5, 0.6) is 0 Å². The van der Waals surface area contributed by atoms with Gasteiger partial charge in [-0.1, -0.05) is 85.3 Å². The lowest BCUT2D eigenvalue weighted by molar-refractivity contribution is -0.341. The van der Waals surface area contributed by atoms with Crippen molar-refractivity contribution in [3.05, 3.63) is 29.9 Å². The Labute approximate surface area is 426 Å². The van der Waals surface area contributed by atoms with Crippen molar-refractivity contribution in [3.8, 4) is 0 Å². The smallest absolute Gasteiger partial charge is 0.310 e. The number of ether oxygens (including phenoxy) is 2. The Morgan fingerprint density at radius 2 is 1.67 bits per heavy atom. The SMILES string of the molecule is CCCCCC1CC2(C(=O)O)CCC(C)(CO)CC2C2=CCC3C4(C)C(CC5C(C(CCC(N)O)c6cnc[nH]6)NC(=O)C56CCCC6)C(O)C(OC5OCC(O)C(O)C5O)C(C)(CO)C4CCC3(C)C21C. The first kappa shape index (κ1) is 54.3. The molecule has 21 atom stereocenters. The minimum Gasteiger partial charge on any atom is -0.481 e. The fraction of sp³-hybridized carbons (Fsp3) is 0.875. The van der Waals surface area contributed by atoms with Crippen LogP contribution in [-0.4, -0.2) is 132 Å². The minimum absolute atomic E-state index is 0.00767. The summed E-state index contributed by atoms with van der Waals surface area (Å²) in [5, 5.41) is 94.6. The molecule has 72 heavy (non-hydrogen) atoms. The van der Waals surface area contributed by atoms with E-state index in [0.717, 1.165) is 50.6 Å². The van der Waals surface area contributed by atoms with Crippen LogP contribution in [0.3, 0.4) is 0 Å². The van der Waals surface area contributed by atoms with Crippen molar-refractivity contribution in [1.29, 1.82) is 0 Å². The van der Waals surface area contributed by atoms with E-state index in [-0.39, 0.29) is 67.7 Å². The maximum atomic E-state index is 14.9. The fourth-order valence-electron chi connectivity index (χ4n) is 18.8. The zero-order chi connectivity index (χ0) is 52.0. The molecule has 6 aliphatic carbocycles. The van der Waals surface area contributed by atoms with E-state index in [2.05, 4.69) is 56.0 Å². The third-order valence-corrected chi connectivity index (χ3v) is 23.0. The fourth-order valence-corrected chi connectivity index (χ4v) is 18.8. The molecule has 2 saturated heterocycles. The highest BCUT2D eigenvalue weighted by Crippen LogP contribution is 2.79. The number of H-pyrrole nitrogens is 1. The van der Waals surface area contributed by atoms with Gasteiger partial charge < -0.3 is 66.4 Å². The molecule has 9 rings (SSSR count). The molecule has 16 heteroatoms. The van der Waals surface area contributed by atoms with Crippen molar-refractivity contribution in [2.75, 3.05) is 19.8 Å². The standard InChI is InChI=1S/C56H90N4O12/c1-7-8-9-12-31-24-56(49(69)70)22-21-50(2,28-61)25-36(56)33-14-15-40-52(4,54(31,33)6)20-17-39-51(3,29-62)46(72-47-45(67)44(66)38(63)27-71-47)43(65)35(53(39,40)5)23-34-42(60-48(68)55(34)18-10-11-19-55)32(13-16-41(57)64)37-26-58-30-59-37/h14,26,30-32,34-36,38-47,61-67H,7-13,15-25,27-29,57H2,1-6H3,(H,58,59)(H,60,68)(H,69,70). The van der Waals surface area contributed by atoms with Gasteiger partial charge in [-0.2, -0.15) is 0 Å². The Balaban J connectivity index is 1.22. The minimum atomic E-state index is -1.63. The maximum Gasteiger partial charge on any atom is 0.310 e. The van der Waals surface area contributed by atoms with Gasteiger partial charge in [0.2, 0.25) is 5.91 Å². The zero-order valence-corrected chi connectivity index (χ0v) is 44.0. The third-order valence-electron chi connectivity index (χ3n) is 23.0. The number of aliphatic hydroxyl groups excluding tert-OH is 7. The number of nitrogens with zero attached hydrogens (tertiary/aromatic N) is 1. The number of aromatic amines is 1. The van der Waals surface area contributed by atoms with Crippen LogP contribution in [0.4, 0.5) is 0 Å². The van der Waals surface area contributed by atoms with Crippen LogP contribution in [0.1, 0.15) is 169 Å². The van der Waals surface area contributed by atoms with Gasteiger partial charge in [0.1, 0.15) is 24.5 Å².